The minimum Gasteiger partial charge on any atom is -0.507 e. The Hall–Kier alpha value is -3.09. The van der Waals surface area contributed by atoms with Crippen LogP contribution in [0.25, 0.3) is 0 Å². The molecule has 0 aromatic heterocycles. The van der Waals surface area contributed by atoms with Gasteiger partial charge in [-0.1, -0.05) is 6.07 Å². The number of rotatable bonds is 4. The van der Waals surface area contributed by atoms with Gasteiger partial charge < -0.3 is 50.0 Å². The average molecular weight is 464 g/mol. The lowest BCUT2D eigenvalue weighted by Crippen LogP contribution is -2.55. The van der Waals surface area contributed by atoms with Gasteiger partial charge in [-0.05, 0) is 17.7 Å². The summed E-state index contributed by atoms with van der Waals surface area (Å²) >= 11 is 0. The molecule has 2 aliphatic heterocycles. The van der Waals surface area contributed by atoms with E-state index in [4.69, 9.17) is 14.2 Å². The second-order valence-corrected chi connectivity index (χ2v) is 7.95. The highest BCUT2D eigenvalue weighted by Crippen LogP contribution is 2.50. The number of hydrogen-bond donors (Lipinski definition) is 7. The molecule has 4 rings (SSSR count). The molecule has 2 aliphatic rings. The average Bonchev–Trinajstić information content (AvgIpc) is 2.78. The number of ether oxygens (including phenoxy) is 3. The molecule has 11 heteroatoms. The zero-order valence-corrected chi connectivity index (χ0v) is 17.5. The number of methoxy groups -OCH3 is 1. The molecule has 0 amide bonds. The van der Waals surface area contributed by atoms with Gasteiger partial charge in [0.1, 0.15) is 59.4 Å². The third kappa shape index (κ3) is 3.83. The number of ketones is 1. The van der Waals surface area contributed by atoms with E-state index in [-0.39, 0.29) is 34.8 Å². The Morgan fingerprint density at radius 3 is 2.39 bits per heavy atom. The number of carbonyl (C=O) groups excluding carboxylic acids is 1. The summed E-state index contributed by atoms with van der Waals surface area (Å²) in [6, 6.07) is 5.22. The molecule has 0 bridgehead atoms. The fourth-order valence-corrected chi connectivity index (χ4v) is 4.19. The largest absolute Gasteiger partial charge is 0.507 e. The highest BCUT2D eigenvalue weighted by molar-refractivity contribution is 6.03. The van der Waals surface area contributed by atoms with Gasteiger partial charge in [0.25, 0.3) is 0 Å². The number of aromatic hydroxyl groups is 3. The van der Waals surface area contributed by atoms with Crippen molar-refractivity contribution in [1.29, 1.82) is 0 Å². The fraction of sp³-hybridized carbons (Fsp3) is 0.409. The lowest BCUT2D eigenvalue weighted by Gasteiger charge is -2.41. The predicted molar refractivity (Wildman–Crippen MR) is 109 cm³/mol. The van der Waals surface area contributed by atoms with Crippen molar-refractivity contribution in [1.82, 2.24) is 0 Å². The van der Waals surface area contributed by atoms with Crippen LogP contribution in [0.15, 0.2) is 24.3 Å². The van der Waals surface area contributed by atoms with Crippen molar-refractivity contribution in [2.24, 2.45) is 0 Å². The predicted octanol–water partition coefficient (Wildman–Crippen LogP) is 0.0334. The van der Waals surface area contributed by atoms with Crippen LogP contribution in [-0.2, 0) is 4.74 Å². The molecule has 0 aliphatic carbocycles. The van der Waals surface area contributed by atoms with E-state index in [1.54, 1.807) is 0 Å². The van der Waals surface area contributed by atoms with Crippen LogP contribution in [0.2, 0.25) is 0 Å². The van der Waals surface area contributed by atoms with Crippen LogP contribution in [0.4, 0.5) is 0 Å². The number of benzene rings is 2. The van der Waals surface area contributed by atoms with Gasteiger partial charge in [-0.2, -0.15) is 0 Å². The fourth-order valence-electron chi connectivity index (χ4n) is 4.19. The lowest BCUT2D eigenvalue weighted by atomic mass is 9.87. The summed E-state index contributed by atoms with van der Waals surface area (Å²) in [4.78, 5) is 12.9. The Labute approximate surface area is 187 Å². The van der Waals surface area contributed by atoms with Crippen molar-refractivity contribution in [3.05, 3.63) is 41.0 Å². The molecule has 2 aromatic carbocycles. The van der Waals surface area contributed by atoms with Crippen molar-refractivity contribution in [2.75, 3.05) is 13.7 Å². The summed E-state index contributed by atoms with van der Waals surface area (Å²) in [5, 5.41) is 71.0. The SMILES string of the molecule is COc1cc([C@@H]2CC(=O)c3c(O)cc(O)c([C@@H]4O[C@H](CO)[C@@H](O)[C@H](O)[C@H]4O)c3O2)ccc1O. The van der Waals surface area contributed by atoms with E-state index in [1.807, 2.05) is 0 Å². The molecule has 1 saturated heterocycles. The van der Waals surface area contributed by atoms with Crippen LogP contribution in [-0.4, -0.2) is 79.7 Å². The molecule has 33 heavy (non-hydrogen) atoms. The third-order valence-corrected chi connectivity index (χ3v) is 5.94. The molecule has 11 nitrogen and oxygen atoms in total. The van der Waals surface area contributed by atoms with Gasteiger partial charge in [-0.3, -0.25) is 4.79 Å². The third-order valence-electron chi connectivity index (χ3n) is 5.94. The molecular weight excluding hydrogens is 440 g/mol. The Kier molecular flexibility index (Phi) is 6.08. The first-order valence-corrected chi connectivity index (χ1v) is 10.1. The lowest BCUT2D eigenvalue weighted by molar-refractivity contribution is -0.232. The van der Waals surface area contributed by atoms with E-state index in [2.05, 4.69) is 0 Å². The minimum absolute atomic E-state index is 0.124. The highest BCUT2D eigenvalue weighted by Gasteiger charge is 2.47. The number of phenolic OH excluding ortho intramolecular Hbond substituents is 3. The molecule has 0 saturated carbocycles. The van der Waals surface area contributed by atoms with Crippen molar-refractivity contribution in [3.8, 4) is 28.7 Å². The monoisotopic (exact) mass is 464 g/mol. The molecule has 178 valence electrons. The van der Waals surface area contributed by atoms with E-state index in [0.717, 1.165) is 6.07 Å². The topological polar surface area (TPSA) is 186 Å². The normalized spacial score (nSPS) is 29.3. The number of phenols is 3. The maximum absolute atomic E-state index is 12.9. The summed E-state index contributed by atoms with van der Waals surface area (Å²) in [6.45, 7) is -0.696. The smallest absolute Gasteiger partial charge is 0.174 e. The van der Waals surface area contributed by atoms with E-state index in [0.29, 0.717) is 5.56 Å². The van der Waals surface area contributed by atoms with E-state index in [9.17, 15) is 40.5 Å². The van der Waals surface area contributed by atoms with Gasteiger partial charge in [-0.15, -0.1) is 0 Å². The summed E-state index contributed by atoms with van der Waals surface area (Å²) in [5.74, 6) is -1.93. The number of fused-ring (bicyclic) bond motifs is 1. The van der Waals surface area contributed by atoms with Gasteiger partial charge >= 0.3 is 0 Å². The molecule has 7 N–H and O–H groups in total. The van der Waals surface area contributed by atoms with Crippen molar-refractivity contribution in [2.45, 2.75) is 43.0 Å². The van der Waals surface area contributed by atoms with Gasteiger partial charge in [0.2, 0.25) is 0 Å². The summed E-state index contributed by atoms with van der Waals surface area (Å²) < 4.78 is 16.6. The molecule has 1 fully saturated rings. The van der Waals surface area contributed by atoms with E-state index in [1.165, 1.54) is 25.3 Å². The van der Waals surface area contributed by atoms with E-state index >= 15 is 0 Å². The maximum Gasteiger partial charge on any atom is 0.174 e. The quantitative estimate of drug-likeness (QED) is 0.324. The Balaban J connectivity index is 1.81. The molecule has 6 atom stereocenters. The molecule has 0 spiro atoms. The van der Waals surface area contributed by atoms with Crippen molar-refractivity contribution in [3.63, 3.8) is 0 Å². The Morgan fingerprint density at radius 2 is 1.73 bits per heavy atom. The number of carbonyl (C=O) groups is 1. The summed E-state index contributed by atoms with van der Waals surface area (Å²) in [7, 11) is 1.36. The molecule has 0 radical (unpaired) electrons. The molecule has 2 heterocycles. The van der Waals surface area contributed by atoms with Crippen LogP contribution in [0.1, 0.15) is 40.1 Å². The first-order valence-electron chi connectivity index (χ1n) is 10.1. The van der Waals surface area contributed by atoms with Crippen LogP contribution in [0.5, 0.6) is 28.7 Å². The van der Waals surface area contributed by atoms with Gasteiger partial charge in [0.15, 0.2) is 17.3 Å². The van der Waals surface area contributed by atoms with Crippen LogP contribution >= 0.6 is 0 Å². The van der Waals surface area contributed by atoms with Crippen LogP contribution in [0.3, 0.4) is 0 Å². The van der Waals surface area contributed by atoms with Gasteiger partial charge in [-0.25, -0.2) is 0 Å². The van der Waals surface area contributed by atoms with Crippen molar-refractivity contribution >= 4 is 5.78 Å². The summed E-state index contributed by atoms with van der Waals surface area (Å²) in [6.07, 6.45) is -8.99. The molecule has 2 aromatic rings. The van der Waals surface area contributed by atoms with Gasteiger partial charge in [0.05, 0.1) is 25.7 Å². The second-order valence-electron chi connectivity index (χ2n) is 7.95. The van der Waals surface area contributed by atoms with E-state index < -0.39 is 60.5 Å². The number of hydrogen-bond acceptors (Lipinski definition) is 11. The minimum atomic E-state index is -1.75. The Morgan fingerprint density at radius 1 is 1.00 bits per heavy atom. The highest BCUT2D eigenvalue weighted by atomic mass is 16.5. The number of aliphatic hydroxyl groups is 4. The first-order chi connectivity index (χ1) is 15.7. The van der Waals surface area contributed by atoms with Crippen LogP contribution < -0.4 is 9.47 Å². The number of Topliss-reactive ketones (excluding diaryl/α,β-unsaturated/α-hetero) is 1. The van der Waals surface area contributed by atoms with Crippen LogP contribution in [0, 0.1) is 0 Å². The molecular formula is C22H24O11. The van der Waals surface area contributed by atoms with Gasteiger partial charge in [0, 0.05) is 6.07 Å². The Bertz CT molecular complexity index is 1070. The molecule has 0 unspecified atom stereocenters. The first kappa shape index (κ1) is 23.1. The zero-order valence-electron chi connectivity index (χ0n) is 17.5. The van der Waals surface area contributed by atoms with Crippen molar-refractivity contribution < 1.29 is 54.8 Å². The zero-order chi connectivity index (χ0) is 24.0. The number of aliphatic hydroxyl groups excluding tert-OH is 4. The maximum atomic E-state index is 12.9. The standard InChI is InChI=1S/C22H24O11/c1-31-14-4-8(2-3-9(14)24)13-6-12(27)16-10(25)5-11(26)17(21(16)32-13)22-20(30)19(29)18(28)15(7-23)33-22/h2-5,13,15,18-20,22-26,28-30H,6-7H2,1H3/t13-,15+,18+,19-,20+,22-/m0/s1. The summed E-state index contributed by atoms with van der Waals surface area (Å²) in [5.41, 5.74) is -0.0310. The second kappa shape index (κ2) is 8.69.